The molecule has 0 heterocycles. The van der Waals surface area contributed by atoms with Gasteiger partial charge in [-0.1, -0.05) is 38.0 Å². The Balaban J connectivity index is 1.80. The zero-order valence-electron chi connectivity index (χ0n) is 11.6. The molecule has 1 aromatic rings. The molecule has 1 unspecified atom stereocenters. The summed E-state index contributed by atoms with van der Waals surface area (Å²) in [5, 5.41) is 3.61. The molecule has 0 spiro atoms. The standard InChI is InChI=1S/C16H25NO/c1-3-14-8-4-7-11-16(14)18-13(2)12-17-15-9-5-6-10-15/h4,7-8,11,13,15,17H,3,5-6,9-10,12H2,1-2H3. The Labute approximate surface area is 111 Å². The molecule has 2 rings (SSSR count). The molecular formula is C16H25NO. The predicted octanol–water partition coefficient (Wildman–Crippen LogP) is 3.55. The molecule has 2 heteroatoms. The topological polar surface area (TPSA) is 21.3 Å². The van der Waals surface area contributed by atoms with E-state index in [2.05, 4.69) is 37.4 Å². The summed E-state index contributed by atoms with van der Waals surface area (Å²) in [7, 11) is 0. The lowest BCUT2D eigenvalue weighted by Crippen LogP contribution is -2.35. The van der Waals surface area contributed by atoms with E-state index < -0.39 is 0 Å². The summed E-state index contributed by atoms with van der Waals surface area (Å²) in [6.45, 7) is 5.26. The second kappa shape index (κ2) is 6.79. The maximum absolute atomic E-state index is 6.03. The van der Waals surface area contributed by atoms with Gasteiger partial charge < -0.3 is 10.1 Å². The molecule has 18 heavy (non-hydrogen) atoms. The van der Waals surface area contributed by atoms with Gasteiger partial charge >= 0.3 is 0 Å². The predicted molar refractivity (Wildman–Crippen MR) is 76.2 cm³/mol. The van der Waals surface area contributed by atoms with Crippen molar-refractivity contribution in [2.24, 2.45) is 0 Å². The van der Waals surface area contributed by atoms with Crippen molar-refractivity contribution in [2.45, 2.75) is 58.1 Å². The van der Waals surface area contributed by atoms with Crippen molar-refractivity contribution in [3.8, 4) is 5.75 Å². The van der Waals surface area contributed by atoms with Crippen molar-refractivity contribution in [3.63, 3.8) is 0 Å². The molecule has 1 saturated carbocycles. The molecule has 0 bridgehead atoms. The van der Waals surface area contributed by atoms with E-state index in [0.717, 1.165) is 24.8 Å². The fourth-order valence-corrected chi connectivity index (χ4v) is 2.63. The summed E-state index contributed by atoms with van der Waals surface area (Å²) in [6.07, 6.45) is 6.69. The molecule has 0 aromatic heterocycles. The summed E-state index contributed by atoms with van der Waals surface area (Å²) >= 11 is 0. The molecule has 1 aliphatic rings. The Morgan fingerprint density at radius 2 is 2.00 bits per heavy atom. The molecular weight excluding hydrogens is 222 g/mol. The SMILES string of the molecule is CCc1ccccc1OC(C)CNC1CCCC1. The van der Waals surface area contributed by atoms with Crippen LogP contribution in [0.2, 0.25) is 0 Å². The molecule has 0 saturated heterocycles. The van der Waals surface area contributed by atoms with Gasteiger partial charge in [-0.3, -0.25) is 0 Å². The van der Waals surface area contributed by atoms with Crippen molar-refractivity contribution in [1.29, 1.82) is 0 Å². The lowest BCUT2D eigenvalue weighted by molar-refractivity contribution is 0.209. The van der Waals surface area contributed by atoms with Gasteiger partial charge in [0.25, 0.3) is 0 Å². The van der Waals surface area contributed by atoms with Crippen molar-refractivity contribution < 1.29 is 4.74 Å². The van der Waals surface area contributed by atoms with E-state index in [0.29, 0.717) is 0 Å². The molecule has 1 fully saturated rings. The number of para-hydroxylation sites is 1. The Kier molecular flexibility index (Phi) is 5.06. The van der Waals surface area contributed by atoms with Crippen LogP contribution in [0.25, 0.3) is 0 Å². The largest absolute Gasteiger partial charge is 0.489 e. The van der Waals surface area contributed by atoms with E-state index in [9.17, 15) is 0 Å². The molecule has 2 nitrogen and oxygen atoms in total. The van der Waals surface area contributed by atoms with Gasteiger partial charge in [0, 0.05) is 12.6 Å². The molecule has 1 atom stereocenters. The Morgan fingerprint density at radius 1 is 1.28 bits per heavy atom. The van der Waals surface area contributed by atoms with Gasteiger partial charge in [0.15, 0.2) is 0 Å². The highest BCUT2D eigenvalue weighted by atomic mass is 16.5. The minimum Gasteiger partial charge on any atom is -0.489 e. The Bertz CT molecular complexity index is 358. The first-order valence-electron chi connectivity index (χ1n) is 7.27. The lowest BCUT2D eigenvalue weighted by Gasteiger charge is -2.20. The van der Waals surface area contributed by atoms with Crippen LogP contribution in [0.5, 0.6) is 5.75 Å². The summed E-state index contributed by atoms with van der Waals surface area (Å²) in [5.74, 6) is 1.04. The zero-order valence-corrected chi connectivity index (χ0v) is 11.6. The number of rotatable bonds is 6. The number of hydrogen-bond acceptors (Lipinski definition) is 2. The average molecular weight is 247 g/mol. The third-order valence-corrected chi connectivity index (χ3v) is 3.73. The molecule has 0 aliphatic heterocycles. The minimum absolute atomic E-state index is 0.235. The van der Waals surface area contributed by atoms with Gasteiger partial charge in [-0.05, 0) is 37.8 Å². The van der Waals surface area contributed by atoms with Crippen LogP contribution in [0, 0.1) is 0 Å². The monoisotopic (exact) mass is 247 g/mol. The van der Waals surface area contributed by atoms with Gasteiger partial charge in [0.2, 0.25) is 0 Å². The fourth-order valence-electron chi connectivity index (χ4n) is 2.63. The lowest BCUT2D eigenvalue weighted by atomic mass is 10.1. The first-order chi connectivity index (χ1) is 8.79. The highest BCUT2D eigenvalue weighted by molar-refractivity contribution is 5.33. The molecule has 1 N–H and O–H groups in total. The zero-order chi connectivity index (χ0) is 12.8. The third-order valence-electron chi connectivity index (χ3n) is 3.73. The average Bonchev–Trinajstić information content (AvgIpc) is 2.90. The summed E-state index contributed by atoms with van der Waals surface area (Å²) in [4.78, 5) is 0. The van der Waals surface area contributed by atoms with Crippen LogP contribution in [0.4, 0.5) is 0 Å². The number of hydrogen-bond donors (Lipinski definition) is 1. The van der Waals surface area contributed by atoms with Crippen molar-refractivity contribution in [2.75, 3.05) is 6.54 Å². The maximum Gasteiger partial charge on any atom is 0.122 e. The highest BCUT2D eigenvalue weighted by Crippen LogP contribution is 2.20. The summed E-state index contributed by atoms with van der Waals surface area (Å²) < 4.78 is 6.03. The van der Waals surface area contributed by atoms with E-state index in [4.69, 9.17) is 4.74 Å². The quantitative estimate of drug-likeness (QED) is 0.830. The number of aryl methyl sites for hydroxylation is 1. The van der Waals surface area contributed by atoms with Crippen LogP contribution in [0.1, 0.15) is 45.1 Å². The van der Waals surface area contributed by atoms with Crippen LogP contribution in [0.15, 0.2) is 24.3 Å². The normalized spacial score (nSPS) is 17.9. The third kappa shape index (κ3) is 3.74. The first-order valence-corrected chi connectivity index (χ1v) is 7.27. The van der Waals surface area contributed by atoms with Crippen LogP contribution in [0.3, 0.4) is 0 Å². The van der Waals surface area contributed by atoms with Crippen LogP contribution in [-0.4, -0.2) is 18.7 Å². The van der Waals surface area contributed by atoms with Crippen molar-refractivity contribution in [1.82, 2.24) is 5.32 Å². The Hall–Kier alpha value is -1.02. The summed E-state index contributed by atoms with van der Waals surface area (Å²) in [5.41, 5.74) is 1.30. The van der Waals surface area contributed by atoms with Gasteiger partial charge in [0.05, 0.1) is 0 Å². The molecule has 0 radical (unpaired) electrons. The van der Waals surface area contributed by atoms with E-state index >= 15 is 0 Å². The van der Waals surface area contributed by atoms with Gasteiger partial charge in [-0.25, -0.2) is 0 Å². The van der Waals surface area contributed by atoms with Gasteiger partial charge in [-0.15, -0.1) is 0 Å². The number of ether oxygens (including phenoxy) is 1. The highest BCUT2D eigenvalue weighted by Gasteiger charge is 2.15. The van der Waals surface area contributed by atoms with Crippen molar-refractivity contribution in [3.05, 3.63) is 29.8 Å². The van der Waals surface area contributed by atoms with Crippen LogP contribution in [-0.2, 0) is 6.42 Å². The molecule has 100 valence electrons. The maximum atomic E-state index is 6.03. The van der Waals surface area contributed by atoms with E-state index in [1.807, 2.05) is 6.07 Å². The van der Waals surface area contributed by atoms with Crippen molar-refractivity contribution >= 4 is 0 Å². The fraction of sp³-hybridized carbons (Fsp3) is 0.625. The second-order valence-electron chi connectivity index (χ2n) is 5.28. The van der Waals surface area contributed by atoms with Crippen LogP contribution >= 0.6 is 0 Å². The van der Waals surface area contributed by atoms with Gasteiger partial charge in [0.1, 0.15) is 11.9 Å². The first kappa shape index (κ1) is 13.4. The second-order valence-corrected chi connectivity index (χ2v) is 5.28. The minimum atomic E-state index is 0.235. The van der Waals surface area contributed by atoms with E-state index in [1.165, 1.54) is 31.2 Å². The van der Waals surface area contributed by atoms with Gasteiger partial charge in [-0.2, -0.15) is 0 Å². The summed E-state index contributed by atoms with van der Waals surface area (Å²) in [6, 6.07) is 9.06. The number of nitrogens with one attached hydrogen (secondary N) is 1. The molecule has 0 amide bonds. The molecule has 1 aliphatic carbocycles. The smallest absolute Gasteiger partial charge is 0.122 e. The van der Waals surface area contributed by atoms with Crippen LogP contribution < -0.4 is 10.1 Å². The van der Waals surface area contributed by atoms with E-state index in [-0.39, 0.29) is 6.10 Å². The Morgan fingerprint density at radius 3 is 2.72 bits per heavy atom. The van der Waals surface area contributed by atoms with E-state index in [1.54, 1.807) is 0 Å². The number of benzene rings is 1. The molecule has 1 aromatic carbocycles.